The summed E-state index contributed by atoms with van der Waals surface area (Å²) in [6.45, 7) is 12.6. The molecule has 0 bridgehead atoms. The van der Waals surface area contributed by atoms with Gasteiger partial charge in [0.1, 0.15) is 17.1 Å². The van der Waals surface area contributed by atoms with Crippen LogP contribution in [0.4, 0.5) is 0 Å². The van der Waals surface area contributed by atoms with E-state index in [1.807, 2.05) is 64.1 Å². The van der Waals surface area contributed by atoms with Gasteiger partial charge in [0.15, 0.2) is 0 Å². The van der Waals surface area contributed by atoms with Crippen molar-refractivity contribution in [2.45, 2.75) is 95.1 Å². The van der Waals surface area contributed by atoms with Gasteiger partial charge in [-0.05, 0) is 74.4 Å². The molecule has 2 rings (SSSR count). The van der Waals surface area contributed by atoms with Crippen molar-refractivity contribution in [2.75, 3.05) is 6.61 Å². The lowest BCUT2D eigenvalue weighted by atomic mass is 9.76. The number of phenolic OH excluding ortho intramolecular Hbond substituents is 1. The van der Waals surface area contributed by atoms with Gasteiger partial charge in [-0.25, -0.2) is 0 Å². The second-order valence-corrected chi connectivity index (χ2v) is 8.63. The first-order valence-corrected chi connectivity index (χ1v) is 10.3. The van der Waals surface area contributed by atoms with Crippen LogP contribution in [0.2, 0.25) is 0 Å². The predicted molar refractivity (Wildman–Crippen MR) is 143 cm³/mol. The fourth-order valence-electron chi connectivity index (χ4n) is 3.56. The van der Waals surface area contributed by atoms with Gasteiger partial charge in [0.25, 0.3) is 0 Å². The van der Waals surface area contributed by atoms with Gasteiger partial charge in [0, 0.05) is 0 Å². The molecule has 0 aromatic heterocycles. The van der Waals surface area contributed by atoms with Crippen molar-refractivity contribution >= 4 is 5.97 Å². The Bertz CT molecular complexity index is 807. The molecule has 0 saturated carbocycles. The average molecular weight is 463 g/mol. The summed E-state index contributed by atoms with van der Waals surface area (Å²) in [7, 11) is 0. The maximum Gasteiger partial charge on any atom is 0.309 e. The molecule has 0 aliphatic carbocycles. The highest BCUT2D eigenvalue weighted by Gasteiger charge is 2.33. The lowest BCUT2D eigenvalue weighted by Gasteiger charge is -2.32. The fourth-order valence-corrected chi connectivity index (χ4v) is 3.56. The molecule has 0 aliphatic rings. The van der Waals surface area contributed by atoms with E-state index in [1.165, 1.54) is 0 Å². The first-order valence-electron chi connectivity index (χ1n) is 10.3. The lowest BCUT2D eigenvalue weighted by molar-refractivity contribution is -0.163. The Morgan fingerprint density at radius 1 is 0.909 bits per heavy atom. The second kappa shape index (κ2) is 14.6. The van der Waals surface area contributed by atoms with Crippen LogP contribution in [-0.4, -0.2) is 17.7 Å². The third-order valence-corrected chi connectivity index (χ3v) is 5.43. The zero-order chi connectivity index (χ0) is 21.7. The van der Waals surface area contributed by atoms with Crippen molar-refractivity contribution in [2.24, 2.45) is 5.92 Å². The second-order valence-electron chi connectivity index (χ2n) is 8.63. The number of hydrogen-bond acceptors (Lipinski definition) is 4. The highest BCUT2D eigenvalue weighted by atomic mass is 16.6. The van der Waals surface area contributed by atoms with E-state index >= 15 is 0 Å². The third kappa shape index (κ3) is 9.49. The van der Waals surface area contributed by atoms with E-state index in [4.69, 9.17) is 9.47 Å². The normalized spacial score (nSPS) is 11.5. The Labute approximate surface area is 204 Å². The number of carbonyl (C=O) groups excluding carboxylic acids is 1. The molecule has 0 radical (unpaired) electrons. The SMILES string of the molecule is C.C.C.C.CCOc1cccc(C(C)(C)OC(=O)C(CC)CC(C)(C)c2ccc(O)cc2)c1. The smallest absolute Gasteiger partial charge is 0.309 e. The highest BCUT2D eigenvalue weighted by molar-refractivity contribution is 5.73. The van der Waals surface area contributed by atoms with Crippen molar-refractivity contribution in [3.63, 3.8) is 0 Å². The van der Waals surface area contributed by atoms with Gasteiger partial charge in [-0.2, -0.15) is 0 Å². The van der Waals surface area contributed by atoms with Crippen LogP contribution in [0.5, 0.6) is 11.5 Å². The molecule has 0 heterocycles. The van der Waals surface area contributed by atoms with Crippen LogP contribution in [-0.2, 0) is 20.5 Å². The van der Waals surface area contributed by atoms with E-state index < -0.39 is 5.60 Å². The molecule has 4 heteroatoms. The summed E-state index contributed by atoms with van der Waals surface area (Å²) in [4.78, 5) is 13.0. The minimum absolute atomic E-state index is 0. The predicted octanol–water partition coefficient (Wildman–Crippen LogP) is 8.51. The summed E-state index contributed by atoms with van der Waals surface area (Å²) in [5, 5.41) is 9.54. The number of hydrogen-bond donors (Lipinski definition) is 1. The van der Waals surface area contributed by atoms with Gasteiger partial charge < -0.3 is 14.6 Å². The first-order chi connectivity index (χ1) is 13.6. The Balaban J connectivity index is -0.00000225. The van der Waals surface area contributed by atoms with Gasteiger partial charge in [-0.15, -0.1) is 0 Å². The molecule has 1 N–H and O–H groups in total. The van der Waals surface area contributed by atoms with Gasteiger partial charge in [0.2, 0.25) is 0 Å². The maximum absolute atomic E-state index is 13.0. The Morgan fingerprint density at radius 2 is 1.48 bits per heavy atom. The highest BCUT2D eigenvalue weighted by Crippen LogP contribution is 2.35. The number of esters is 1. The minimum Gasteiger partial charge on any atom is -0.508 e. The van der Waals surface area contributed by atoms with Crippen LogP contribution < -0.4 is 4.74 Å². The number of phenols is 1. The van der Waals surface area contributed by atoms with E-state index in [0.717, 1.165) is 16.9 Å². The van der Waals surface area contributed by atoms with Gasteiger partial charge in [0.05, 0.1) is 12.5 Å². The third-order valence-electron chi connectivity index (χ3n) is 5.43. The summed E-state index contributed by atoms with van der Waals surface area (Å²) in [5.74, 6) is 0.612. The van der Waals surface area contributed by atoms with Gasteiger partial charge in [-0.3, -0.25) is 4.79 Å². The summed E-state index contributed by atoms with van der Waals surface area (Å²) >= 11 is 0. The van der Waals surface area contributed by atoms with E-state index in [1.54, 1.807) is 12.1 Å². The Kier molecular flexibility index (Phi) is 15.5. The molecule has 2 aromatic carbocycles. The minimum atomic E-state index is -0.750. The molecule has 33 heavy (non-hydrogen) atoms. The molecule has 0 aliphatic heterocycles. The summed E-state index contributed by atoms with van der Waals surface area (Å²) < 4.78 is 11.6. The molecule has 190 valence electrons. The Morgan fingerprint density at radius 3 is 2.00 bits per heavy atom. The van der Waals surface area contributed by atoms with Crippen molar-refractivity contribution in [1.29, 1.82) is 0 Å². The first kappa shape index (κ1) is 35.1. The van der Waals surface area contributed by atoms with E-state index in [9.17, 15) is 9.90 Å². The molecule has 4 nitrogen and oxygen atoms in total. The molecular formula is C29H50O4. The molecular weight excluding hydrogens is 412 g/mol. The average Bonchev–Trinajstić information content (AvgIpc) is 2.66. The van der Waals surface area contributed by atoms with Crippen molar-refractivity contribution in [1.82, 2.24) is 0 Å². The number of benzene rings is 2. The zero-order valence-electron chi connectivity index (χ0n) is 18.5. The molecule has 0 fully saturated rings. The molecule has 0 saturated heterocycles. The summed E-state index contributed by atoms with van der Waals surface area (Å²) in [6.07, 6.45) is 1.37. The van der Waals surface area contributed by atoms with Crippen molar-refractivity contribution < 1.29 is 19.4 Å². The molecule has 1 unspecified atom stereocenters. The fraction of sp³-hybridized carbons (Fsp3) is 0.552. The van der Waals surface area contributed by atoms with E-state index in [-0.39, 0.29) is 52.8 Å². The maximum atomic E-state index is 13.0. The van der Waals surface area contributed by atoms with Crippen molar-refractivity contribution in [3.8, 4) is 11.5 Å². The molecule has 2 aromatic rings. The number of rotatable bonds is 9. The molecule has 0 spiro atoms. The Hall–Kier alpha value is -2.49. The van der Waals surface area contributed by atoms with Crippen LogP contribution in [0.1, 0.15) is 95.2 Å². The number of carbonyl (C=O) groups is 1. The summed E-state index contributed by atoms with van der Waals surface area (Å²) in [6, 6.07) is 14.9. The summed E-state index contributed by atoms with van der Waals surface area (Å²) in [5.41, 5.74) is 1.03. The van der Waals surface area contributed by atoms with Crippen LogP contribution in [0, 0.1) is 5.92 Å². The van der Waals surface area contributed by atoms with Gasteiger partial charge >= 0.3 is 5.97 Å². The largest absolute Gasteiger partial charge is 0.508 e. The number of aromatic hydroxyl groups is 1. The molecule has 0 amide bonds. The topological polar surface area (TPSA) is 55.8 Å². The van der Waals surface area contributed by atoms with Crippen molar-refractivity contribution in [3.05, 3.63) is 59.7 Å². The zero-order valence-corrected chi connectivity index (χ0v) is 18.5. The number of ether oxygens (including phenoxy) is 2. The van der Waals surface area contributed by atoms with Gasteiger partial charge in [-0.1, -0.05) is 74.7 Å². The van der Waals surface area contributed by atoms with Crippen LogP contribution in [0.15, 0.2) is 48.5 Å². The van der Waals surface area contributed by atoms with Crippen LogP contribution in [0.3, 0.4) is 0 Å². The molecule has 1 atom stereocenters. The standard InChI is InChI=1S/C25H34O4.4CH4/c1-7-18(17-24(3,4)19-12-14-21(26)15-13-19)23(27)29-25(5,6)20-10-9-11-22(16-20)28-8-2;;;;/h9-16,18,26H,7-8,17H2,1-6H3;4*1H4. The van der Waals surface area contributed by atoms with E-state index in [2.05, 4.69) is 13.8 Å². The van der Waals surface area contributed by atoms with E-state index in [0.29, 0.717) is 19.4 Å². The monoisotopic (exact) mass is 462 g/mol. The lowest BCUT2D eigenvalue weighted by Crippen LogP contribution is -2.32. The quantitative estimate of drug-likeness (QED) is 0.379. The van der Waals surface area contributed by atoms with Crippen LogP contribution >= 0.6 is 0 Å². The van der Waals surface area contributed by atoms with Crippen LogP contribution in [0.25, 0.3) is 0 Å².